The molecule has 25 heavy (non-hydrogen) atoms. The van der Waals surface area contributed by atoms with Gasteiger partial charge in [-0.25, -0.2) is 4.79 Å². The van der Waals surface area contributed by atoms with Crippen LogP contribution in [0.4, 0.5) is 10.5 Å². The third-order valence-corrected chi connectivity index (χ3v) is 5.21. The number of aromatic nitrogens is 1. The Bertz CT molecular complexity index is 775. The quantitative estimate of drug-likeness (QED) is 0.826. The predicted octanol–water partition coefficient (Wildman–Crippen LogP) is 4.17. The van der Waals surface area contributed by atoms with Crippen LogP contribution in [0.15, 0.2) is 34.9 Å². The van der Waals surface area contributed by atoms with E-state index in [1.54, 1.807) is 26.4 Å². The fourth-order valence-electron chi connectivity index (χ4n) is 3.27. The van der Waals surface area contributed by atoms with Crippen LogP contribution in [0.3, 0.4) is 0 Å². The average molecular weight is 408 g/mol. The standard InChI is InChI=1S/C18H22BrN3O3/c1-21-8-4-6-14(21)15-7-5-9-22(15)18(23)20-13-11-17(25-3)16(24-2)10-12(13)19/h4,6,8,10-11,15H,5,7,9H2,1-3H3,(H,20,23)/t15-/m1/s1. The second-order valence-corrected chi connectivity index (χ2v) is 6.87. The van der Waals surface area contributed by atoms with Gasteiger partial charge < -0.3 is 24.3 Å². The maximum atomic E-state index is 12.9. The summed E-state index contributed by atoms with van der Waals surface area (Å²) in [6.45, 7) is 0.743. The van der Waals surface area contributed by atoms with Crippen LogP contribution in [0.2, 0.25) is 0 Å². The van der Waals surface area contributed by atoms with Gasteiger partial charge in [0.05, 0.1) is 25.9 Å². The number of anilines is 1. The van der Waals surface area contributed by atoms with Gasteiger partial charge >= 0.3 is 6.03 Å². The lowest BCUT2D eigenvalue weighted by molar-refractivity contribution is 0.205. The number of hydrogen-bond donors (Lipinski definition) is 1. The molecule has 1 fully saturated rings. The zero-order valence-corrected chi connectivity index (χ0v) is 16.2. The van der Waals surface area contributed by atoms with Crippen molar-refractivity contribution in [2.45, 2.75) is 18.9 Å². The molecule has 2 heterocycles. The second-order valence-electron chi connectivity index (χ2n) is 6.01. The number of ether oxygens (including phenoxy) is 2. The molecule has 0 saturated carbocycles. The van der Waals surface area contributed by atoms with Crippen LogP contribution in [0.1, 0.15) is 24.6 Å². The molecule has 0 unspecified atom stereocenters. The van der Waals surface area contributed by atoms with E-state index in [1.165, 1.54) is 0 Å². The molecule has 1 atom stereocenters. The summed E-state index contributed by atoms with van der Waals surface area (Å²) in [7, 11) is 5.16. The van der Waals surface area contributed by atoms with Gasteiger partial charge in [-0.05, 0) is 40.9 Å². The summed E-state index contributed by atoms with van der Waals surface area (Å²) >= 11 is 3.48. The summed E-state index contributed by atoms with van der Waals surface area (Å²) in [5.74, 6) is 1.18. The Labute approximate surface area is 155 Å². The highest BCUT2D eigenvalue weighted by Crippen LogP contribution is 2.37. The molecule has 2 amide bonds. The fourth-order valence-corrected chi connectivity index (χ4v) is 3.70. The molecule has 1 aliphatic heterocycles. The molecule has 0 radical (unpaired) electrons. The Morgan fingerprint density at radius 3 is 2.64 bits per heavy atom. The number of nitrogens with zero attached hydrogens (tertiary/aromatic N) is 2. The molecule has 2 aromatic rings. The molecule has 1 saturated heterocycles. The number of nitrogens with one attached hydrogen (secondary N) is 1. The van der Waals surface area contributed by atoms with Crippen molar-refractivity contribution in [1.82, 2.24) is 9.47 Å². The van der Waals surface area contributed by atoms with Crippen LogP contribution in [0.5, 0.6) is 11.5 Å². The number of rotatable bonds is 4. The van der Waals surface area contributed by atoms with Crippen molar-refractivity contribution in [2.24, 2.45) is 7.05 Å². The molecule has 1 N–H and O–H groups in total. The molecule has 0 aliphatic carbocycles. The topological polar surface area (TPSA) is 55.7 Å². The summed E-state index contributed by atoms with van der Waals surface area (Å²) in [4.78, 5) is 14.7. The Hall–Kier alpha value is -2.15. The zero-order chi connectivity index (χ0) is 18.0. The van der Waals surface area contributed by atoms with Crippen LogP contribution in [-0.2, 0) is 7.05 Å². The summed E-state index contributed by atoms with van der Waals surface area (Å²) in [5, 5.41) is 2.98. The Morgan fingerprint density at radius 1 is 1.28 bits per heavy atom. The third kappa shape index (κ3) is 3.46. The smallest absolute Gasteiger partial charge is 0.322 e. The Kier molecular flexibility index (Phi) is 5.22. The minimum atomic E-state index is -0.114. The normalized spacial score (nSPS) is 16.8. The van der Waals surface area contributed by atoms with E-state index >= 15 is 0 Å². The van der Waals surface area contributed by atoms with E-state index in [2.05, 4.69) is 31.9 Å². The van der Waals surface area contributed by atoms with Gasteiger partial charge in [0.1, 0.15) is 0 Å². The summed E-state index contributed by atoms with van der Waals surface area (Å²) in [5.41, 5.74) is 1.80. The van der Waals surface area contributed by atoms with Crippen molar-refractivity contribution >= 4 is 27.6 Å². The zero-order valence-electron chi connectivity index (χ0n) is 14.6. The van der Waals surface area contributed by atoms with Gasteiger partial charge in [-0.3, -0.25) is 0 Å². The van der Waals surface area contributed by atoms with E-state index in [0.717, 1.165) is 29.6 Å². The number of urea groups is 1. The number of benzene rings is 1. The van der Waals surface area contributed by atoms with Gasteiger partial charge in [-0.15, -0.1) is 0 Å². The first-order chi connectivity index (χ1) is 12.0. The Balaban J connectivity index is 1.81. The monoisotopic (exact) mass is 407 g/mol. The lowest BCUT2D eigenvalue weighted by Gasteiger charge is -2.26. The van der Waals surface area contributed by atoms with Crippen molar-refractivity contribution in [3.05, 3.63) is 40.6 Å². The van der Waals surface area contributed by atoms with Gasteiger partial charge in [-0.1, -0.05) is 0 Å². The van der Waals surface area contributed by atoms with Crippen molar-refractivity contribution in [3.63, 3.8) is 0 Å². The van der Waals surface area contributed by atoms with E-state index < -0.39 is 0 Å². The van der Waals surface area contributed by atoms with Gasteiger partial charge in [0.15, 0.2) is 11.5 Å². The minimum absolute atomic E-state index is 0.0962. The average Bonchev–Trinajstić information content (AvgIpc) is 3.24. The number of carbonyl (C=O) groups excluding carboxylic acids is 1. The fraction of sp³-hybridized carbons (Fsp3) is 0.389. The van der Waals surface area contributed by atoms with E-state index in [-0.39, 0.29) is 12.1 Å². The molecule has 134 valence electrons. The molecular weight excluding hydrogens is 386 g/mol. The molecule has 0 spiro atoms. The van der Waals surface area contributed by atoms with Crippen LogP contribution < -0.4 is 14.8 Å². The summed E-state index contributed by atoms with van der Waals surface area (Å²) in [6.07, 6.45) is 3.98. The van der Waals surface area contributed by atoms with Crippen molar-refractivity contribution in [1.29, 1.82) is 0 Å². The molecule has 0 bridgehead atoms. The SMILES string of the molecule is COc1cc(Br)c(NC(=O)N2CCC[C@@H]2c2cccn2C)cc1OC. The molecule has 1 aromatic heterocycles. The highest BCUT2D eigenvalue weighted by Gasteiger charge is 2.31. The van der Waals surface area contributed by atoms with Crippen LogP contribution in [0.25, 0.3) is 0 Å². The highest BCUT2D eigenvalue weighted by atomic mass is 79.9. The van der Waals surface area contributed by atoms with E-state index in [4.69, 9.17) is 9.47 Å². The number of halogens is 1. The van der Waals surface area contributed by atoms with E-state index in [1.807, 2.05) is 24.2 Å². The lowest BCUT2D eigenvalue weighted by Crippen LogP contribution is -2.35. The second kappa shape index (κ2) is 7.39. The van der Waals surface area contributed by atoms with Gasteiger partial charge in [0.25, 0.3) is 0 Å². The molecule has 1 aromatic carbocycles. The van der Waals surface area contributed by atoms with Gasteiger partial charge in [0.2, 0.25) is 0 Å². The van der Waals surface area contributed by atoms with Crippen molar-refractivity contribution in [3.8, 4) is 11.5 Å². The minimum Gasteiger partial charge on any atom is -0.493 e. The first-order valence-electron chi connectivity index (χ1n) is 8.15. The van der Waals surface area contributed by atoms with Crippen molar-refractivity contribution in [2.75, 3.05) is 26.1 Å². The van der Waals surface area contributed by atoms with E-state index in [0.29, 0.717) is 17.2 Å². The summed E-state index contributed by atoms with van der Waals surface area (Å²) < 4.78 is 13.4. The largest absolute Gasteiger partial charge is 0.493 e. The van der Waals surface area contributed by atoms with Crippen LogP contribution in [-0.4, -0.2) is 36.3 Å². The van der Waals surface area contributed by atoms with Crippen LogP contribution in [0, 0.1) is 0 Å². The molecule has 1 aliphatic rings. The molecule has 3 rings (SSSR count). The number of carbonyl (C=O) groups is 1. The highest BCUT2D eigenvalue weighted by molar-refractivity contribution is 9.10. The number of hydrogen-bond acceptors (Lipinski definition) is 3. The third-order valence-electron chi connectivity index (χ3n) is 4.55. The molecule has 6 nitrogen and oxygen atoms in total. The molecule has 7 heteroatoms. The Morgan fingerprint density at radius 2 is 2.00 bits per heavy atom. The molecular formula is C18H22BrN3O3. The first kappa shape index (κ1) is 17.7. The number of likely N-dealkylation sites (tertiary alicyclic amines) is 1. The number of aryl methyl sites for hydroxylation is 1. The lowest BCUT2D eigenvalue weighted by atomic mass is 10.1. The predicted molar refractivity (Wildman–Crippen MR) is 100 cm³/mol. The van der Waals surface area contributed by atoms with Crippen molar-refractivity contribution < 1.29 is 14.3 Å². The first-order valence-corrected chi connectivity index (χ1v) is 8.94. The van der Waals surface area contributed by atoms with Gasteiger partial charge in [-0.2, -0.15) is 0 Å². The summed E-state index contributed by atoms with van der Waals surface area (Å²) in [6, 6.07) is 7.61. The maximum Gasteiger partial charge on any atom is 0.322 e. The van der Waals surface area contributed by atoms with Gasteiger partial charge in [0, 0.05) is 42.1 Å². The number of methoxy groups -OCH3 is 2. The maximum absolute atomic E-state index is 12.9. The number of amides is 2. The van der Waals surface area contributed by atoms with Crippen LogP contribution >= 0.6 is 15.9 Å². The van der Waals surface area contributed by atoms with E-state index in [9.17, 15) is 4.79 Å².